The van der Waals surface area contributed by atoms with Crippen molar-refractivity contribution in [1.82, 2.24) is 0 Å². The lowest BCUT2D eigenvalue weighted by Gasteiger charge is -2.25. The maximum Gasteiger partial charge on any atom is 0.511 e. The SMILES string of the molecule is CN(C)c1c(OC(=O)O)ccc2c1C(=O)c1ccccc1C2=O. The fourth-order valence-electron chi connectivity index (χ4n) is 2.77. The van der Waals surface area contributed by atoms with Crippen LogP contribution in [0.3, 0.4) is 0 Å². The lowest BCUT2D eigenvalue weighted by atomic mass is 9.83. The van der Waals surface area contributed by atoms with Crippen molar-refractivity contribution >= 4 is 23.4 Å². The molecule has 0 amide bonds. The van der Waals surface area contributed by atoms with E-state index in [1.807, 2.05) is 0 Å². The minimum atomic E-state index is -1.48. The van der Waals surface area contributed by atoms with Crippen molar-refractivity contribution in [2.24, 2.45) is 0 Å². The highest BCUT2D eigenvalue weighted by atomic mass is 16.7. The zero-order chi connectivity index (χ0) is 16.7. The van der Waals surface area contributed by atoms with E-state index in [1.165, 1.54) is 12.1 Å². The van der Waals surface area contributed by atoms with Crippen LogP contribution in [-0.2, 0) is 0 Å². The third-order valence-corrected chi connectivity index (χ3v) is 3.67. The van der Waals surface area contributed by atoms with Crippen LogP contribution in [0.1, 0.15) is 31.8 Å². The summed E-state index contributed by atoms with van der Waals surface area (Å²) in [6.45, 7) is 0. The molecule has 0 aromatic heterocycles. The highest BCUT2D eigenvalue weighted by molar-refractivity contribution is 6.30. The van der Waals surface area contributed by atoms with E-state index in [-0.39, 0.29) is 34.1 Å². The van der Waals surface area contributed by atoms with Crippen molar-refractivity contribution < 1.29 is 24.2 Å². The van der Waals surface area contributed by atoms with E-state index in [0.29, 0.717) is 11.1 Å². The van der Waals surface area contributed by atoms with Gasteiger partial charge in [0.25, 0.3) is 0 Å². The summed E-state index contributed by atoms with van der Waals surface area (Å²) in [4.78, 5) is 37.9. The zero-order valence-electron chi connectivity index (χ0n) is 12.5. The molecule has 0 fully saturated rings. The first-order valence-electron chi connectivity index (χ1n) is 6.85. The Balaban J connectivity index is 2.30. The molecule has 0 bridgehead atoms. The molecule has 2 aromatic carbocycles. The van der Waals surface area contributed by atoms with Gasteiger partial charge in [-0.1, -0.05) is 24.3 Å². The van der Waals surface area contributed by atoms with Gasteiger partial charge < -0.3 is 14.7 Å². The molecule has 6 heteroatoms. The van der Waals surface area contributed by atoms with Gasteiger partial charge in [0, 0.05) is 30.8 Å². The van der Waals surface area contributed by atoms with Gasteiger partial charge in [0.2, 0.25) is 0 Å². The lowest BCUT2D eigenvalue weighted by Crippen LogP contribution is -2.25. The molecule has 0 spiro atoms. The van der Waals surface area contributed by atoms with E-state index in [2.05, 4.69) is 0 Å². The molecule has 0 radical (unpaired) electrons. The number of carbonyl (C=O) groups is 3. The maximum atomic E-state index is 12.8. The molecule has 0 heterocycles. The van der Waals surface area contributed by atoms with Gasteiger partial charge in [-0.3, -0.25) is 9.59 Å². The van der Waals surface area contributed by atoms with Crippen LogP contribution < -0.4 is 9.64 Å². The zero-order valence-corrected chi connectivity index (χ0v) is 12.5. The van der Waals surface area contributed by atoms with E-state index in [9.17, 15) is 14.4 Å². The predicted octanol–water partition coefficient (Wildman–Crippen LogP) is 2.58. The first-order chi connectivity index (χ1) is 10.9. The fourth-order valence-corrected chi connectivity index (χ4v) is 2.77. The molecule has 2 aromatic rings. The molecule has 116 valence electrons. The molecule has 0 aliphatic heterocycles. The van der Waals surface area contributed by atoms with Gasteiger partial charge in [-0.05, 0) is 12.1 Å². The number of carbonyl (C=O) groups excluding carboxylic acids is 2. The number of ether oxygens (including phenoxy) is 1. The van der Waals surface area contributed by atoms with Crippen molar-refractivity contribution in [2.45, 2.75) is 0 Å². The van der Waals surface area contributed by atoms with Crippen molar-refractivity contribution in [1.29, 1.82) is 0 Å². The number of benzene rings is 2. The monoisotopic (exact) mass is 311 g/mol. The minimum Gasteiger partial charge on any atom is -0.449 e. The molecule has 0 atom stereocenters. The van der Waals surface area contributed by atoms with Crippen LogP contribution >= 0.6 is 0 Å². The topological polar surface area (TPSA) is 83.9 Å². The van der Waals surface area contributed by atoms with Crippen LogP contribution in [0.25, 0.3) is 0 Å². The van der Waals surface area contributed by atoms with E-state index in [1.54, 1.807) is 43.3 Å². The second kappa shape index (κ2) is 5.24. The van der Waals surface area contributed by atoms with Crippen LogP contribution in [0.5, 0.6) is 5.75 Å². The van der Waals surface area contributed by atoms with E-state index < -0.39 is 6.16 Å². The Morgan fingerprint density at radius 1 is 0.957 bits per heavy atom. The lowest BCUT2D eigenvalue weighted by molar-refractivity contribution is 0.0979. The second-order valence-corrected chi connectivity index (χ2v) is 5.30. The molecule has 1 N–H and O–H groups in total. The van der Waals surface area contributed by atoms with Crippen LogP contribution in [0.4, 0.5) is 10.5 Å². The summed E-state index contributed by atoms with van der Waals surface area (Å²) >= 11 is 0. The molecule has 0 saturated heterocycles. The highest BCUT2D eigenvalue weighted by Gasteiger charge is 2.33. The Kier molecular flexibility index (Phi) is 3.37. The molecule has 1 aliphatic carbocycles. The van der Waals surface area contributed by atoms with E-state index in [4.69, 9.17) is 9.84 Å². The quantitative estimate of drug-likeness (QED) is 0.578. The number of nitrogens with zero attached hydrogens (tertiary/aromatic N) is 1. The Hall–Kier alpha value is -3.15. The summed E-state index contributed by atoms with van der Waals surface area (Å²) in [6.07, 6.45) is -1.48. The standard InChI is InChI=1S/C17H13NO5/c1-18(2)14-12(23-17(21)22)8-7-11-13(14)16(20)10-6-4-3-5-9(10)15(11)19/h3-8H,1-2H3,(H,21,22). The smallest absolute Gasteiger partial charge is 0.449 e. The third kappa shape index (κ3) is 2.24. The Labute approximate surface area is 131 Å². The Bertz CT molecular complexity index is 854. The van der Waals surface area contributed by atoms with Crippen molar-refractivity contribution in [3.8, 4) is 5.75 Å². The average molecular weight is 311 g/mol. The maximum absolute atomic E-state index is 12.8. The van der Waals surface area contributed by atoms with Gasteiger partial charge in [-0.15, -0.1) is 0 Å². The minimum absolute atomic E-state index is 0.0155. The van der Waals surface area contributed by atoms with Gasteiger partial charge in [0.1, 0.15) is 0 Å². The normalized spacial score (nSPS) is 12.4. The number of carboxylic acid groups (broad SMARTS) is 1. The largest absolute Gasteiger partial charge is 0.511 e. The number of fused-ring (bicyclic) bond motifs is 2. The molecule has 6 nitrogen and oxygen atoms in total. The van der Waals surface area contributed by atoms with Crippen LogP contribution in [-0.4, -0.2) is 36.9 Å². The Morgan fingerprint density at radius 2 is 1.57 bits per heavy atom. The Morgan fingerprint density at radius 3 is 2.13 bits per heavy atom. The van der Waals surface area contributed by atoms with Crippen molar-refractivity contribution in [3.05, 3.63) is 58.7 Å². The summed E-state index contributed by atoms with van der Waals surface area (Å²) < 4.78 is 4.76. The van der Waals surface area contributed by atoms with E-state index in [0.717, 1.165) is 0 Å². The molecule has 0 unspecified atom stereocenters. The van der Waals surface area contributed by atoms with Gasteiger partial charge in [0.05, 0.1) is 11.3 Å². The average Bonchev–Trinajstić information content (AvgIpc) is 2.51. The van der Waals surface area contributed by atoms with Gasteiger partial charge >= 0.3 is 6.16 Å². The summed E-state index contributed by atoms with van der Waals surface area (Å²) in [5.41, 5.74) is 1.34. The summed E-state index contributed by atoms with van der Waals surface area (Å²) in [6, 6.07) is 9.39. The second-order valence-electron chi connectivity index (χ2n) is 5.30. The van der Waals surface area contributed by atoms with E-state index >= 15 is 0 Å². The number of hydrogen-bond acceptors (Lipinski definition) is 5. The van der Waals surface area contributed by atoms with Crippen LogP contribution in [0.2, 0.25) is 0 Å². The molecule has 1 aliphatic rings. The van der Waals surface area contributed by atoms with Crippen molar-refractivity contribution in [2.75, 3.05) is 19.0 Å². The summed E-state index contributed by atoms with van der Waals surface area (Å²) in [5.74, 6) is -0.573. The summed E-state index contributed by atoms with van der Waals surface area (Å²) in [7, 11) is 3.31. The van der Waals surface area contributed by atoms with Crippen molar-refractivity contribution in [3.63, 3.8) is 0 Å². The predicted molar refractivity (Wildman–Crippen MR) is 82.7 cm³/mol. The summed E-state index contributed by atoms with van der Waals surface area (Å²) in [5, 5.41) is 8.86. The molecular weight excluding hydrogens is 298 g/mol. The third-order valence-electron chi connectivity index (χ3n) is 3.67. The number of hydrogen-bond donors (Lipinski definition) is 1. The van der Waals surface area contributed by atoms with Gasteiger partial charge in [0.15, 0.2) is 17.3 Å². The molecule has 0 saturated carbocycles. The van der Waals surface area contributed by atoms with Gasteiger partial charge in [-0.2, -0.15) is 0 Å². The number of ketones is 2. The first kappa shape index (κ1) is 14.8. The molecule has 23 heavy (non-hydrogen) atoms. The molecular formula is C17H13NO5. The van der Waals surface area contributed by atoms with Crippen LogP contribution in [0.15, 0.2) is 36.4 Å². The first-order valence-corrected chi connectivity index (χ1v) is 6.85. The van der Waals surface area contributed by atoms with Crippen LogP contribution in [0, 0.1) is 0 Å². The molecule has 3 rings (SSSR count). The number of rotatable bonds is 2. The highest BCUT2D eigenvalue weighted by Crippen LogP contribution is 2.39. The number of anilines is 1. The fraction of sp³-hybridized carbons (Fsp3) is 0.118. The van der Waals surface area contributed by atoms with Gasteiger partial charge in [-0.25, -0.2) is 4.79 Å².